The monoisotopic (exact) mass is 221 g/mol. The van der Waals surface area contributed by atoms with Gasteiger partial charge in [0, 0.05) is 0 Å². The quantitative estimate of drug-likeness (QED) is 0.715. The molecule has 86 valence electrons. The first-order valence-corrected chi connectivity index (χ1v) is 5.18. The van der Waals surface area contributed by atoms with Crippen LogP contribution in [0.15, 0.2) is 24.3 Å². The Hall–Kier alpha value is -1.84. The minimum atomic E-state index is -0.926. The number of aryl methyl sites for hydroxylation is 1. The highest BCUT2D eigenvalue weighted by atomic mass is 16.4. The summed E-state index contributed by atoms with van der Waals surface area (Å²) in [5.41, 5.74) is 1.93. The maximum atomic E-state index is 10.7. The highest BCUT2D eigenvalue weighted by Crippen LogP contribution is 2.21. The first-order valence-electron chi connectivity index (χ1n) is 5.18. The number of carboxylic acids is 1. The molecule has 0 aliphatic carbocycles. The van der Waals surface area contributed by atoms with Crippen LogP contribution in [-0.4, -0.2) is 17.5 Å². The lowest BCUT2D eigenvalue weighted by molar-refractivity contribution is -0.137. The molecule has 1 rings (SSSR count). The van der Waals surface area contributed by atoms with E-state index in [9.17, 15) is 9.59 Å². The van der Waals surface area contributed by atoms with Gasteiger partial charge in [0.05, 0.1) is 12.5 Å². The Kier molecular flexibility index (Phi) is 4.51. The van der Waals surface area contributed by atoms with Crippen LogP contribution in [0.1, 0.15) is 30.5 Å². The molecule has 1 aromatic carbocycles. The first kappa shape index (κ1) is 12.2. The van der Waals surface area contributed by atoms with Crippen LogP contribution < -0.4 is 5.32 Å². The van der Waals surface area contributed by atoms with Crippen LogP contribution in [0.25, 0.3) is 0 Å². The maximum absolute atomic E-state index is 10.7. The molecule has 0 bridgehead atoms. The van der Waals surface area contributed by atoms with Crippen molar-refractivity contribution in [3.8, 4) is 0 Å². The van der Waals surface area contributed by atoms with Gasteiger partial charge in [0.1, 0.15) is 0 Å². The summed E-state index contributed by atoms with van der Waals surface area (Å²) in [6, 6.07) is 7.09. The Morgan fingerprint density at radius 2 is 2.19 bits per heavy atom. The highest BCUT2D eigenvalue weighted by Gasteiger charge is 2.16. The van der Waals surface area contributed by atoms with Crippen molar-refractivity contribution in [3.05, 3.63) is 35.4 Å². The van der Waals surface area contributed by atoms with E-state index < -0.39 is 12.0 Å². The molecular formula is C12H15NO3. The largest absolute Gasteiger partial charge is 0.481 e. The second kappa shape index (κ2) is 5.90. The molecule has 0 heterocycles. The van der Waals surface area contributed by atoms with Crippen molar-refractivity contribution in [1.82, 2.24) is 5.32 Å². The molecule has 1 atom stereocenters. The fourth-order valence-electron chi connectivity index (χ4n) is 1.71. The third-order valence-electron chi connectivity index (χ3n) is 2.46. The standard InChI is InChI=1S/C12H15NO3/c1-2-9-5-3-4-6-10(9)11(13-8-14)7-12(15)16/h3-6,8,11H,2,7H2,1H3,(H,13,14)(H,15,16)/t11-/m0/s1. The zero-order valence-electron chi connectivity index (χ0n) is 9.14. The lowest BCUT2D eigenvalue weighted by Gasteiger charge is -2.17. The number of carbonyl (C=O) groups excluding carboxylic acids is 1. The highest BCUT2D eigenvalue weighted by molar-refractivity contribution is 5.68. The predicted octanol–water partition coefficient (Wildman–Crippen LogP) is 1.51. The molecule has 0 aliphatic rings. The lowest BCUT2D eigenvalue weighted by atomic mass is 9.96. The predicted molar refractivity (Wildman–Crippen MR) is 60.0 cm³/mol. The minimum absolute atomic E-state index is 0.101. The van der Waals surface area contributed by atoms with Crippen LogP contribution in [0.2, 0.25) is 0 Å². The van der Waals surface area contributed by atoms with E-state index in [0.717, 1.165) is 17.5 Å². The summed E-state index contributed by atoms with van der Waals surface area (Å²) in [6.07, 6.45) is 1.25. The summed E-state index contributed by atoms with van der Waals surface area (Å²) in [5.74, 6) is -0.926. The number of hydrogen-bond acceptors (Lipinski definition) is 2. The van der Waals surface area contributed by atoms with Gasteiger partial charge >= 0.3 is 5.97 Å². The van der Waals surface area contributed by atoms with Crippen molar-refractivity contribution >= 4 is 12.4 Å². The third-order valence-corrected chi connectivity index (χ3v) is 2.46. The van der Waals surface area contributed by atoms with Gasteiger partial charge in [-0.15, -0.1) is 0 Å². The molecular weight excluding hydrogens is 206 g/mol. The van der Waals surface area contributed by atoms with Gasteiger partial charge < -0.3 is 10.4 Å². The summed E-state index contributed by atoms with van der Waals surface area (Å²) in [4.78, 5) is 21.2. The molecule has 1 aromatic rings. The summed E-state index contributed by atoms with van der Waals surface area (Å²) < 4.78 is 0. The molecule has 4 nitrogen and oxygen atoms in total. The second-order valence-electron chi connectivity index (χ2n) is 3.49. The number of rotatable bonds is 6. The number of carbonyl (C=O) groups is 2. The van der Waals surface area contributed by atoms with E-state index in [1.807, 2.05) is 31.2 Å². The normalized spacial score (nSPS) is 11.8. The summed E-state index contributed by atoms with van der Waals surface area (Å²) in [7, 11) is 0. The van der Waals surface area contributed by atoms with Crippen molar-refractivity contribution in [3.63, 3.8) is 0 Å². The Balaban J connectivity index is 2.99. The Bertz CT molecular complexity index is 376. The Labute approximate surface area is 94.3 Å². The minimum Gasteiger partial charge on any atom is -0.481 e. The van der Waals surface area contributed by atoms with Gasteiger partial charge in [0.2, 0.25) is 6.41 Å². The van der Waals surface area contributed by atoms with E-state index >= 15 is 0 Å². The summed E-state index contributed by atoms with van der Waals surface area (Å²) in [6.45, 7) is 2.00. The number of hydrogen-bond donors (Lipinski definition) is 2. The van der Waals surface area contributed by atoms with E-state index in [0.29, 0.717) is 6.41 Å². The molecule has 0 fully saturated rings. The van der Waals surface area contributed by atoms with Crippen molar-refractivity contribution in [2.24, 2.45) is 0 Å². The van der Waals surface area contributed by atoms with Gasteiger partial charge in [-0.05, 0) is 17.5 Å². The summed E-state index contributed by atoms with van der Waals surface area (Å²) in [5, 5.41) is 11.3. The number of aliphatic carboxylic acids is 1. The maximum Gasteiger partial charge on any atom is 0.305 e. The van der Waals surface area contributed by atoms with E-state index in [-0.39, 0.29) is 6.42 Å². The summed E-state index contributed by atoms with van der Waals surface area (Å²) >= 11 is 0. The molecule has 16 heavy (non-hydrogen) atoms. The van der Waals surface area contributed by atoms with Gasteiger partial charge in [0.15, 0.2) is 0 Å². The molecule has 0 saturated heterocycles. The van der Waals surface area contributed by atoms with Crippen LogP contribution in [0.4, 0.5) is 0 Å². The molecule has 0 aromatic heterocycles. The van der Waals surface area contributed by atoms with E-state index in [1.54, 1.807) is 0 Å². The average molecular weight is 221 g/mol. The van der Waals surface area contributed by atoms with Gasteiger partial charge in [-0.25, -0.2) is 0 Å². The van der Waals surface area contributed by atoms with Crippen molar-refractivity contribution in [1.29, 1.82) is 0 Å². The molecule has 0 aliphatic heterocycles. The van der Waals surface area contributed by atoms with E-state index in [1.165, 1.54) is 0 Å². The molecule has 1 amide bonds. The van der Waals surface area contributed by atoms with E-state index in [4.69, 9.17) is 5.11 Å². The van der Waals surface area contributed by atoms with Crippen molar-refractivity contribution in [2.45, 2.75) is 25.8 Å². The Morgan fingerprint density at radius 3 is 2.75 bits per heavy atom. The van der Waals surface area contributed by atoms with Crippen LogP contribution in [-0.2, 0) is 16.0 Å². The molecule has 0 radical (unpaired) electrons. The van der Waals surface area contributed by atoms with E-state index in [2.05, 4.69) is 5.32 Å². The van der Waals surface area contributed by atoms with Crippen molar-refractivity contribution in [2.75, 3.05) is 0 Å². The zero-order valence-corrected chi connectivity index (χ0v) is 9.14. The van der Waals surface area contributed by atoms with Crippen LogP contribution in [0.5, 0.6) is 0 Å². The van der Waals surface area contributed by atoms with Crippen LogP contribution in [0.3, 0.4) is 0 Å². The number of amides is 1. The zero-order chi connectivity index (χ0) is 12.0. The fraction of sp³-hybridized carbons (Fsp3) is 0.333. The lowest BCUT2D eigenvalue weighted by Crippen LogP contribution is -2.23. The van der Waals surface area contributed by atoms with Gasteiger partial charge in [0.25, 0.3) is 0 Å². The Morgan fingerprint density at radius 1 is 1.50 bits per heavy atom. The topological polar surface area (TPSA) is 66.4 Å². The first-order chi connectivity index (χ1) is 7.69. The fourth-order valence-corrected chi connectivity index (χ4v) is 1.71. The molecule has 0 unspecified atom stereocenters. The van der Waals surface area contributed by atoms with Crippen molar-refractivity contribution < 1.29 is 14.7 Å². The molecule has 0 spiro atoms. The molecule has 2 N–H and O–H groups in total. The number of benzene rings is 1. The number of carboxylic acid groups (broad SMARTS) is 1. The molecule has 4 heteroatoms. The average Bonchev–Trinajstić information content (AvgIpc) is 2.28. The number of nitrogens with one attached hydrogen (secondary N) is 1. The van der Waals surface area contributed by atoms with Gasteiger partial charge in [-0.3, -0.25) is 9.59 Å². The van der Waals surface area contributed by atoms with Crippen LogP contribution >= 0.6 is 0 Å². The SMILES string of the molecule is CCc1ccccc1[C@H](CC(=O)O)NC=O. The third kappa shape index (κ3) is 3.08. The van der Waals surface area contributed by atoms with Gasteiger partial charge in [-0.2, -0.15) is 0 Å². The molecule has 0 saturated carbocycles. The smallest absolute Gasteiger partial charge is 0.305 e. The van der Waals surface area contributed by atoms with Gasteiger partial charge in [-0.1, -0.05) is 31.2 Å². The van der Waals surface area contributed by atoms with Crippen LogP contribution in [0, 0.1) is 0 Å². The second-order valence-corrected chi connectivity index (χ2v) is 3.49.